The van der Waals surface area contributed by atoms with Crippen LogP contribution in [0.2, 0.25) is 0 Å². The first-order valence-corrected chi connectivity index (χ1v) is 6.49. The Labute approximate surface area is 102 Å². The number of thiol groups is 1. The summed E-state index contributed by atoms with van der Waals surface area (Å²) in [5, 5.41) is 0. The SMILES string of the molecule is CCC1C2=C(CCC=C2)c2cccc(S)c21. The summed E-state index contributed by atoms with van der Waals surface area (Å²) in [7, 11) is 0. The minimum atomic E-state index is 0.579. The quantitative estimate of drug-likeness (QED) is 0.668. The topological polar surface area (TPSA) is 0 Å². The fourth-order valence-corrected chi connectivity index (χ4v) is 3.42. The molecule has 2 aliphatic rings. The van der Waals surface area contributed by atoms with Crippen LogP contribution in [-0.4, -0.2) is 0 Å². The van der Waals surface area contributed by atoms with Gasteiger partial charge in [0.15, 0.2) is 0 Å². The van der Waals surface area contributed by atoms with Crippen molar-refractivity contribution in [2.45, 2.75) is 37.0 Å². The average molecular weight is 228 g/mol. The van der Waals surface area contributed by atoms with Crippen LogP contribution >= 0.6 is 12.6 Å². The highest BCUT2D eigenvalue weighted by Gasteiger charge is 2.30. The van der Waals surface area contributed by atoms with Crippen molar-refractivity contribution in [3.63, 3.8) is 0 Å². The molecule has 0 radical (unpaired) electrons. The molecule has 1 atom stereocenters. The van der Waals surface area contributed by atoms with Gasteiger partial charge in [0.1, 0.15) is 0 Å². The third kappa shape index (κ3) is 1.31. The lowest BCUT2D eigenvalue weighted by atomic mass is 9.91. The van der Waals surface area contributed by atoms with Crippen LogP contribution in [-0.2, 0) is 0 Å². The third-order valence-corrected chi connectivity index (χ3v) is 4.14. The van der Waals surface area contributed by atoms with Crippen molar-refractivity contribution >= 4 is 18.2 Å². The Bertz CT molecular complexity index is 494. The average Bonchev–Trinajstić information content (AvgIpc) is 2.65. The minimum Gasteiger partial charge on any atom is -0.143 e. The van der Waals surface area contributed by atoms with Crippen LogP contribution in [0.3, 0.4) is 0 Å². The Balaban J connectivity index is 2.23. The van der Waals surface area contributed by atoms with Crippen LogP contribution in [0.25, 0.3) is 5.57 Å². The van der Waals surface area contributed by atoms with Gasteiger partial charge in [-0.2, -0.15) is 0 Å². The molecule has 1 aromatic rings. The van der Waals surface area contributed by atoms with Gasteiger partial charge in [0.2, 0.25) is 0 Å². The maximum atomic E-state index is 4.63. The monoisotopic (exact) mass is 228 g/mol. The molecule has 0 aliphatic heterocycles. The van der Waals surface area contributed by atoms with Crippen LogP contribution < -0.4 is 0 Å². The third-order valence-electron chi connectivity index (χ3n) is 3.75. The van der Waals surface area contributed by atoms with Gasteiger partial charge in [-0.25, -0.2) is 0 Å². The smallest absolute Gasteiger partial charge is 0.0107 e. The highest BCUT2D eigenvalue weighted by molar-refractivity contribution is 7.80. The zero-order valence-corrected chi connectivity index (χ0v) is 10.4. The van der Waals surface area contributed by atoms with E-state index >= 15 is 0 Å². The van der Waals surface area contributed by atoms with Crippen LogP contribution in [0.15, 0.2) is 40.8 Å². The molecule has 1 unspecified atom stereocenters. The molecule has 0 fully saturated rings. The van der Waals surface area contributed by atoms with Gasteiger partial charge in [-0.3, -0.25) is 0 Å². The second-order valence-corrected chi connectivity index (χ2v) is 5.06. The van der Waals surface area contributed by atoms with Gasteiger partial charge in [-0.15, -0.1) is 12.6 Å². The molecule has 0 saturated carbocycles. The van der Waals surface area contributed by atoms with Gasteiger partial charge >= 0.3 is 0 Å². The highest BCUT2D eigenvalue weighted by atomic mass is 32.1. The van der Waals surface area contributed by atoms with Crippen LogP contribution in [0.5, 0.6) is 0 Å². The summed E-state index contributed by atoms with van der Waals surface area (Å²) in [5.41, 5.74) is 6.04. The first-order valence-electron chi connectivity index (χ1n) is 6.04. The Kier molecular flexibility index (Phi) is 2.44. The molecule has 3 rings (SSSR count). The van der Waals surface area contributed by atoms with Gasteiger partial charge in [-0.05, 0) is 47.6 Å². The molecule has 0 bridgehead atoms. The first kappa shape index (κ1) is 10.2. The van der Waals surface area contributed by atoms with Crippen LogP contribution in [0.1, 0.15) is 43.2 Å². The summed E-state index contributed by atoms with van der Waals surface area (Å²) < 4.78 is 0. The molecule has 2 aliphatic carbocycles. The molecule has 0 aromatic heterocycles. The fraction of sp³-hybridized carbons (Fsp3) is 0.333. The Hall–Kier alpha value is -0.950. The molecule has 0 N–H and O–H groups in total. The van der Waals surface area contributed by atoms with Gasteiger partial charge < -0.3 is 0 Å². The lowest BCUT2D eigenvalue weighted by Crippen LogP contribution is -1.97. The van der Waals surface area contributed by atoms with E-state index in [0.29, 0.717) is 5.92 Å². The van der Waals surface area contributed by atoms with E-state index in [1.165, 1.54) is 30.4 Å². The molecule has 0 saturated heterocycles. The molecule has 0 spiro atoms. The Morgan fingerprint density at radius 2 is 2.25 bits per heavy atom. The van der Waals surface area contributed by atoms with Crippen molar-refractivity contribution in [2.75, 3.05) is 0 Å². The largest absolute Gasteiger partial charge is 0.143 e. The second kappa shape index (κ2) is 3.81. The molecule has 0 nitrogen and oxygen atoms in total. The Morgan fingerprint density at radius 3 is 3.06 bits per heavy atom. The second-order valence-electron chi connectivity index (χ2n) is 4.57. The van der Waals surface area contributed by atoms with Gasteiger partial charge in [0.25, 0.3) is 0 Å². The molecular weight excluding hydrogens is 212 g/mol. The number of hydrogen-bond donors (Lipinski definition) is 1. The van der Waals surface area contributed by atoms with Crippen LogP contribution in [0, 0.1) is 0 Å². The van der Waals surface area contributed by atoms with Crippen LogP contribution in [0.4, 0.5) is 0 Å². The first-order chi connectivity index (χ1) is 7.83. The molecule has 1 aromatic carbocycles. The summed E-state index contributed by atoms with van der Waals surface area (Å²) >= 11 is 4.63. The van der Waals surface area contributed by atoms with Crippen molar-refractivity contribution in [2.24, 2.45) is 0 Å². The van der Waals surface area contributed by atoms with Gasteiger partial charge in [0.05, 0.1) is 0 Å². The van der Waals surface area contributed by atoms with Crippen molar-refractivity contribution in [1.82, 2.24) is 0 Å². The summed E-state index contributed by atoms with van der Waals surface area (Å²) in [6.45, 7) is 2.27. The van der Waals surface area contributed by atoms with E-state index in [9.17, 15) is 0 Å². The maximum Gasteiger partial charge on any atom is 0.0107 e. The van der Waals surface area contributed by atoms with E-state index in [1.54, 1.807) is 11.1 Å². The molecule has 0 heterocycles. The predicted molar refractivity (Wildman–Crippen MR) is 72.0 cm³/mol. The summed E-state index contributed by atoms with van der Waals surface area (Å²) in [5.74, 6) is 0.579. The van der Waals surface area contributed by atoms with E-state index in [2.05, 4.69) is 49.9 Å². The lowest BCUT2D eigenvalue weighted by Gasteiger charge is -2.14. The number of rotatable bonds is 1. The number of hydrogen-bond acceptors (Lipinski definition) is 1. The molecule has 0 amide bonds. The normalized spacial score (nSPS) is 22.2. The maximum absolute atomic E-state index is 4.63. The van der Waals surface area contributed by atoms with Crippen molar-refractivity contribution in [3.8, 4) is 0 Å². The van der Waals surface area contributed by atoms with E-state index < -0.39 is 0 Å². The zero-order chi connectivity index (χ0) is 11.1. The molecule has 82 valence electrons. The zero-order valence-electron chi connectivity index (χ0n) is 9.53. The number of allylic oxidation sites excluding steroid dienone is 4. The van der Waals surface area contributed by atoms with Crippen molar-refractivity contribution in [3.05, 3.63) is 47.1 Å². The minimum absolute atomic E-state index is 0.579. The number of fused-ring (bicyclic) bond motifs is 2. The molecular formula is C15H16S. The molecule has 16 heavy (non-hydrogen) atoms. The van der Waals surface area contributed by atoms with Crippen molar-refractivity contribution in [1.29, 1.82) is 0 Å². The number of benzene rings is 1. The van der Waals surface area contributed by atoms with E-state index in [-0.39, 0.29) is 0 Å². The molecule has 1 heteroatoms. The summed E-state index contributed by atoms with van der Waals surface area (Å²) in [6, 6.07) is 6.51. The van der Waals surface area contributed by atoms with Gasteiger partial charge in [0, 0.05) is 10.8 Å². The lowest BCUT2D eigenvalue weighted by molar-refractivity contribution is 0.773. The highest BCUT2D eigenvalue weighted by Crippen LogP contribution is 2.49. The Morgan fingerprint density at radius 1 is 1.38 bits per heavy atom. The summed E-state index contributed by atoms with van der Waals surface area (Å²) in [6.07, 6.45) is 8.21. The van der Waals surface area contributed by atoms with Crippen molar-refractivity contribution < 1.29 is 0 Å². The van der Waals surface area contributed by atoms with E-state index in [0.717, 1.165) is 4.90 Å². The standard InChI is InChI=1S/C15H16S/c1-2-10-11-6-3-4-7-12(11)13-8-5-9-14(16)15(10)13/h3,5-6,8-10,16H,2,4,7H2,1H3. The fourth-order valence-electron chi connectivity index (χ4n) is 3.06. The predicted octanol–water partition coefficient (Wildman–Crippen LogP) is 4.59. The van der Waals surface area contributed by atoms with E-state index in [1.807, 2.05) is 0 Å². The van der Waals surface area contributed by atoms with E-state index in [4.69, 9.17) is 0 Å². The summed E-state index contributed by atoms with van der Waals surface area (Å²) in [4.78, 5) is 1.16. The van der Waals surface area contributed by atoms with Gasteiger partial charge in [-0.1, -0.05) is 31.2 Å².